The summed E-state index contributed by atoms with van der Waals surface area (Å²) < 4.78 is 0. The van der Waals surface area contributed by atoms with E-state index in [0.29, 0.717) is 5.44 Å². The molecule has 0 fully saturated rings. The van der Waals surface area contributed by atoms with Crippen LogP contribution in [0.5, 0.6) is 0 Å². The molecule has 2 nitrogen and oxygen atoms in total. The van der Waals surface area contributed by atoms with Gasteiger partial charge in [0.15, 0.2) is 0 Å². The van der Waals surface area contributed by atoms with Crippen LogP contribution < -0.4 is 5.90 Å². The summed E-state index contributed by atoms with van der Waals surface area (Å²) in [7, 11) is 0. The van der Waals surface area contributed by atoms with E-state index < -0.39 is 0 Å². The van der Waals surface area contributed by atoms with E-state index in [0.717, 1.165) is 10.5 Å². The molecule has 81 valence electrons. The van der Waals surface area contributed by atoms with Crippen LogP contribution in [0, 0.1) is 5.44 Å². The predicted octanol–water partition coefficient (Wildman–Crippen LogP) is 3.21. The number of thioether (sulfide) groups is 1. The van der Waals surface area contributed by atoms with Gasteiger partial charge in [0.25, 0.3) is 0 Å². The summed E-state index contributed by atoms with van der Waals surface area (Å²) in [5, 5.41) is 0. The molecule has 0 amide bonds. The Labute approximate surface area is 99.4 Å². The zero-order valence-electron chi connectivity index (χ0n) is 8.67. The second-order valence-electron chi connectivity index (χ2n) is 3.19. The van der Waals surface area contributed by atoms with Gasteiger partial charge in [-0.25, -0.2) is 5.90 Å². The maximum absolute atomic E-state index is 5.29. The van der Waals surface area contributed by atoms with Crippen molar-refractivity contribution in [3.05, 3.63) is 71.7 Å². The lowest BCUT2D eigenvalue weighted by Gasteiger charge is -2.12. The molecule has 0 bridgehead atoms. The van der Waals surface area contributed by atoms with Gasteiger partial charge in [-0.05, 0) is 12.1 Å². The van der Waals surface area contributed by atoms with Crippen LogP contribution in [0.4, 0.5) is 0 Å². The molecule has 1 radical (unpaired) electrons. The summed E-state index contributed by atoms with van der Waals surface area (Å²) >= 11 is 1.51. The van der Waals surface area contributed by atoms with Crippen molar-refractivity contribution >= 4 is 11.8 Å². The minimum Gasteiger partial charge on any atom is -0.277 e. The van der Waals surface area contributed by atoms with Gasteiger partial charge in [0.05, 0.1) is 0 Å². The number of benzene rings is 2. The average Bonchev–Trinajstić information content (AvgIpc) is 2.38. The Hall–Kier alpha value is -1.29. The third kappa shape index (κ3) is 2.85. The Morgan fingerprint density at radius 2 is 1.44 bits per heavy atom. The summed E-state index contributed by atoms with van der Waals surface area (Å²) in [6.45, 7) is 0. The molecule has 0 atom stereocenters. The standard InChI is InChI=1S/C13H12NOS/c14-15-13(11-7-3-1-4-8-11)16-12-9-5-2-6-10-12/h1-10H,14H2. The molecule has 2 aromatic rings. The van der Waals surface area contributed by atoms with Crippen LogP contribution in [0.15, 0.2) is 65.6 Å². The van der Waals surface area contributed by atoms with Gasteiger partial charge in [-0.3, -0.25) is 4.84 Å². The van der Waals surface area contributed by atoms with Gasteiger partial charge in [0.2, 0.25) is 5.44 Å². The number of rotatable bonds is 4. The van der Waals surface area contributed by atoms with Gasteiger partial charge >= 0.3 is 0 Å². The Bertz CT molecular complexity index is 418. The maximum Gasteiger partial charge on any atom is 0.209 e. The van der Waals surface area contributed by atoms with Gasteiger partial charge in [0.1, 0.15) is 0 Å². The molecule has 0 saturated carbocycles. The van der Waals surface area contributed by atoms with Gasteiger partial charge in [-0.2, -0.15) is 0 Å². The van der Waals surface area contributed by atoms with E-state index in [9.17, 15) is 0 Å². The second-order valence-corrected chi connectivity index (χ2v) is 4.23. The molecule has 3 heteroatoms. The van der Waals surface area contributed by atoms with E-state index in [1.165, 1.54) is 11.8 Å². The molecule has 2 rings (SSSR count). The van der Waals surface area contributed by atoms with E-state index in [2.05, 4.69) is 0 Å². The lowest BCUT2D eigenvalue weighted by Crippen LogP contribution is -2.06. The maximum atomic E-state index is 5.29. The van der Waals surface area contributed by atoms with Crippen LogP contribution in [0.3, 0.4) is 0 Å². The molecule has 0 aromatic heterocycles. The average molecular weight is 230 g/mol. The van der Waals surface area contributed by atoms with Crippen molar-refractivity contribution in [1.82, 2.24) is 0 Å². The molecule has 0 unspecified atom stereocenters. The van der Waals surface area contributed by atoms with E-state index in [1.807, 2.05) is 60.7 Å². The molecule has 0 heterocycles. The SMILES string of the molecule is NO[C](Sc1ccccc1)c1ccccc1. The Kier molecular flexibility index (Phi) is 3.99. The normalized spacial score (nSPS) is 10.6. The second kappa shape index (κ2) is 5.70. The third-order valence-corrected chi connectivity index (χ3v) is 3.10. The van der Waals surface area contributed by atoms with Crippen LogP contribution >= 0.6 is 11.8 Å². The largest absolute Gasteiger partial charge is 0.277 e. The van der Waals surface area contributed by atoms with Crippen molar-refractivity contribution in [3.63, 3.8) is 0 Å². The zero-order chi connectivity index (χ0) is 11.2. The Morgan fingerprint density at radius 3 is 2.00 bits per heavy atom. The highest BCUT2D eigenvalue weighted by Gasteiger charge is 2.13. The van der Waals surface area contributed by atoms with E-state index in [4.69, 9.17) is 10.7 Å². The first-order chi connectivity index (χ1) is 7.90. The lowest BCUT2D eigenvalue weighted by molar-refractivity contribution is 0.206. The Morgan fingerprint density at radius 1 is 0.875 bits per heavy atom. The van der Waals surface area contributed by atoms with Crippen LogP contribution in [-0.2, 0) is 4.84 Å². The fourth-order valence-electron chi connectivity index (χ4n) is 1.32. The van der Waals surface area contributed by atoms with Gasteiger partial charge in [-0.15, -0.1) is 0 Å². The molecule has 16 heavy (non-hydrogen) atoms. The first-order valence-corrected chi connectivity index (χ1v) is 5.74. The Balaban J connectivity index is 2.13. The van der Waals surface area contributed by atoms with Crippen molar-refractivity contribution in [2.75, 3.05) is 0 Å². The quantitative estimate of drug-likeness (QED) is 0.647. The summed E-state index contributed by atoms with van der Waals surface area (Å²) in [4.78, 5) is 6.02. The topological polar surface area (TPSA) is 35.2 Å². The number of hydrogen-bond donors (Lipinski definition) is 1. The van der Waals surface area contributed by atoms with Gasteiger partial charge in [-0.1, -0.05) is 60.3 Å². The monoisotopic (exact) mass is 230 g/mol. The molecule has 0 aliphatic rings. The highest BCUT2D eigenvalue weighted by Crippen LogP contribution is 2.33. The highest BCUT2D eigenvalue weighted by atomic mass is 32.2. The number of nitrogens with two attached hydrogens (primary N) is 1. The van der Waals surface area contributed by atoms with E-state index in [-0.39, 0.29) is 0 Å². The van der Waals surface area contributed by atoms with Crippen LogP contribution in [-0.4, -0.2) is 0 Å². The molecule has 2 N–H and O–H groups in total. The molecular formula is C13H12NOS. The van der Waals surface area contributed by atoms with Gasteiger partial charge in [0, 0.05) is 10.5 Å². The van der Waals surface area contributed by atoms with Gasteiger partial charge < -0.3 is 0 Å². The minimum atomic E-state index is 0.701. The minimum absolute atomic E-state index is 0.701. The molecular weight excluding hydrogens is 218 g/mol. The van der Waals surface area contributed by atoms with Crippen molar-refractivity contribution < 1.29 is 4.84 Å². The third-order valence-electron chi connectivity index (χ3n) is 2.07. The molecule has 0 spiro atoms. The first-order valence-electron chi connectivity index (χ1n) is 4.92. The van der Waals surface area contributed by atoms with E-state index in [1.54, 1.807) is 0 Å². The fourth-order valence-corrected chi connectivity index (χ4v) is 2.13. The van der Waals surface area contributed by atoms with Crippen molar-refractivity contribution in [2.45, 2.75) is 4.90 Å². The predicted molar refractivity (Wildman–Crippen MR) is 66.4 cm³/mol. The van der Waals surface area contributed by atoms with Crippen LogP contribution in [0.2, 0.25) is 0 Å². The molecule has 2 aromatic carbocycles. The summed E-state index contributed by atoms with van der Waals surface area (Å²) in [6.07, 6.45) is 0. The summed E-state index contributed by atoms with van der Waals surface area (Å²) in [6, 6.07) is 19.8. The first kappa shape index (κ1) is 11.2. The molecule has 0 aliphatic carbocycles. The van der Waals surface area contributed by atoms with Crippen molar-refractivity contribution in [1.29, 1.82) is 0 Å². The smallest absolute Gasteiger partial charge is 0.209 e. The zero-order valence-corrected chi connectivity index (χ0v) is 9.48. The van der Waals surface area contributed by atoms with Crippen molar-refractivity contribution in [2.24, 2.45) is 5.90 Å². The number of hydrogen-bond acceptors (Lipinski definition) is 3. The van der Waals surface area contributed by atoms with Crippen LogP contribution in [0.1, 0.15) is 5.56 Å². The lowest BCUT2D eigenvalue weighted by atomic mass is 10.2. The molecule has 0 saturated heterocycles. The van der Waals surface area contributed by atoms with Crippen molar-refractivity contribution in [3.8, 4) is 0 Å². The highest BCUT2D eigenvalue weighted by molar-refractivity contribution is 8.02. The summed E-state index contributed by atoms with van der Waals surface area (Å²) in [5.74, 6) is 5.29. The van der Waals surface area contributed by atoms with Crippen LogP contribution in [0.25, 0.3) is 0 Å². The molecule has 0 aliphatic heterocycles. The van der Waals surface area contributed by atoms with E-state index >= 15 is 0 Å². The fraction of sp³-hybridized carbons (Fsp3) is 0. The summed E-state index contributed by atoms with van der Waals surface area (Å²) in [5.41, 5.74) is 1.69.